The highest BCUT2D eigenvalue weighted by Crippen LogP contribution is 2.28. The van der Waals surface area contributed by atoms with Gasteiger partial charge in [0.15, 0.2) is 5.65 Å². The van der Waals surface area contributed by atoms with E-state index in [4.69, 9.17) is 16.6 Å². The lowest BCUT2D eigenvalue weighted by molar-refractivity contribution is -0.384. The average molecular weight is 464 g/mol. The molecule has 1 N–H and O–H groups in total. The molecule has 0 radical (unpaired) electrons. The van der Waals surface area contributed by atoms with E-state index in [2.05, 4.69) is 43.3 Å². The summed E-state index contributed by atoms with van der Waals surface area (Å²) in [6, 6.07) is 17.0. The Morgan fingerprint density at radius 3 is 2.33 bits per heavy atom. The van der Waals surface area contributed by atoms with Crippen LogP contribution in [0.1, 0.15) is 42.4 Å². The first kappa shape index (κ1) is 22.4. The number of nitro benzene ring substituents is 1. The summed E-state index contributed by atoms with van der Waals surface area (Å²) in [7, 11) is 0. The van der Waals surface area contributed by atoms with Gasteiger partial charge < -0.3 is 5.32 Å². The van der Waals surface area contributed by atoms with Crippen LogP contribution in [0, 0.1) is 10.1 Å². The Bertz CT molecular complexity index is 1340. The molecule has 9 heteroatoms. The Balaban J connectivity index is 1.66. The number of aromatic nitrogens is 3. The van der Waals surface area contributed by atoms with E-state index in [1.54, 1.807) is 16.6 Å². The molecule has 168 valence electrons. The normalized spacial score (nSPS) is 11.5. The minimum Gasteiger partial charge on any atom is -0.346 e. The molecule has 2 aromatic heterocycles. The number of imidazole rings is 1. The highest BCUT2D eigenvalue weighted by Gasteiger charge is 2.19. The molecule has 0 unspecified atom stereocenters. The lowest BCUT2D eigenvalue weighted by Gasteiger charge is -2.19. The lowest BCUT2D eigenvalue weighted by Crippen LogP contribution is -2.24. The number of benzene rings is 2. The maximum atomic E-state index is 12.7. The van der Waals surface area contributed by atoms with E-state index in [-0.39, 0.29) is 23.6 Å². The molecule has 0 aliphatic carbocycles. The van der Waals surface area contributed by atoms with Crippen LogP contribution in [0.5, 0.6) is 0 Å². The minimum atomic E-state index is -0.507. The Morgan fingerprint density at radius 1 is 1.06 bits per heavy atom. The summed E-state index contributed by atoms with van der Waals surface area (Å²) in [5, 5.41) is 18.4. The smallest absolute Gasteiger partial charge is 0.269 e. The zero-order valence-corrected chi connectivity index (χ0v) is 19.1. The molecule has 0 fully saturated rings. The summed E-state index contributed by atoms with van der Waals surface area (Å²) in [5.74, 6) is -0.365. The van der Waals surface area contributed by atoms with E-state index in [9.17, 15) is 14.9 Å². The van der Waals surface area contributed by atoms with Crippen molar-refractivity contribution in [2.45, 2.75) is 32.7 Å². The van der Waals surface area contributed by atoms with Crippen LogP contribution in [-0.2, 0) is 12.0 Å². The monoisotopic (exact) mass is 463 g/mol. The van der Waals surface area contributed by atoms with Crippen molar-refractivity contribution in [1.29, 1.82) is 0 Å². The van der Waals surface area contributed by atoms with Gasteiger partial charge in [0.2, 0.25) is 0 Å². The van der Waals surface area contributed by atoms with Gasteiger partial charge in [0.1, 0.15) is 5.15 Å². The van der Waals surface area contributed by atoms with E-state index in [0.717, 1.165) is 5.56 Å². The fraction of sp³-hybridized carbons (Fsp3) is 0.208. The third kappa shape index (κ3) is 4.70. The van der Waals surface area contributed by atoms with Gasteiger partial charge in [0, 0.05) is 23.3 Å². The van der Waals surface area contributed by atoms with Crippen LogP contribution in [0.15, 0.2) is 60.7 Å². The first-order chi connectivity index (χ1) is 15.6. The molecule has 0 saturated heterocycles. The number of hydrogen-bond acceptors (Lipinski definition) is 5. The molecule has 2 heterocycles. The summed E-state index contributed by atoms with van der Waals surface area (Å²) in [4.78, 5) is 27.7. The van der Waals surface area contributed by atoms with Crippen LogP contribution in [-0.4, -0.2) is 25.4 Å². The highest BCUT2D eigenvalue weighted by atomic mass is 35.5. The summed E-state index contributed by atoms with van der Waals surface area (Å²) in [5.41, 5.74) is 4.32. The van der Waals surface area contributed by atoms with E-state index in [0.29, 0.717) is 27.8 Å². The molecule has 0 saturated carbocycles. The van der Waals surface area contributed by atoms with Crippen molar-refractivity contribution in [3.63, 3.8) is 0 Å². The third-order valence-corrected chi connectivity index (χ3v) is 5.52. The number of rotatable bonds is 5. The maximum absolute atomic E-state index is 12.7. The summed E-state index contributed by atoms with van der Waals surface area (Å²) < 4.78 is 1.62. The fourth-order valence-electron chi connectivity index (χ4n) is 3.48. The molecule has 1 amide bonds. The number of fused-ring (bicyclic) bond motifs is 1. The molecule has 33 heavy (non-hydrogen) atoms. The molecular formula is C24H22ClN5O3. The van der Waals surface area contributed by atoms with Crippen LogP contribution in [0.2, 0.25) is 5.15 Å². The average Bonchev–Trinajstić information content (AvgIpc) is 3.14. The molecule has 0 aliphatic rings. The largest absolute Gasteiger partial charge is 0.346 e. The van der Waals surface area contributed by atoms with Crippen molar-refractivity contribution in [2.24, 2.45) is 0 Å². The van der Waals surface area contributed by atoms with Crippen molar-refractivity contribution in [3.8, 4) is 11.3 Å². The molecule has 2 aromatic carbocycles. The van der Waals surface area contributed by atoms with Gasteiger partial charge in [-0.25, -0.2) is 9.50 Å². The number of non-ortho nitro benzene ring substituents is 1. The first-order valence-electron chi connectivity index (χ1n) is 10.3. The molecule has 4 aromatic rings. The molecule has 0 spiro atoms. The van der Waals surface area contributed by atoms with Crippen molar-refractivity contribution >= 4 is 28.8 Å². The van der Waals surface area contributed by atoms with Crippen LogP contribution in [0.25, 0.3) is 16.9 Å². The van der Waals surface area contributed by atoms with Crippen molar-refractivity contribution in [2.75, 3.05) is 0 Å². The molecule has 4 rings (SSSR count). The molecule has 0 bridgehead atoms. The van der Waals surface area contributed by atoms with Crippen molar-refractivity contribution < 1.29 is 9.72 Å². The van der Waals surface area contributed by atoms with E-state index < -0.39 is 4.92 Å². The Hall–Kier alpha value is -3.78. The van der Waals surface area contributed by atoms with Gasteiger partial charge in [-0.05, 0) is 35.2 Å². The number of nitrogens with one attached hydrogen (secondary N) is 1. The first-order valence-corrected chi connectivity index (χ1v) is 10.7. The topological polar surface area (TPSA) is 102 Å². The Labute approximate surface area is 195 Å². The zero-order valence-electron chi connectivity index (χ0n) is 18.4. The number of nitro groups is 1. The van der Waals surface area contributed by atoms with E-state index >= 15 is 0 Å². The zero-order chi connectivity index (χ0) is 23.8. The van der Waals surface area contributed by atoms with Crippen LogP contribution >= 0.6 is 11.6 Å². The van der Waals surface area contributed by atoms with Crippen LogP contribution in [0.3, 0.4) is 0 Å². The molecule has 0 aliphatic heterocycles. The number of hydrogen-bond donors (Lipinski definition) is 1. The second kappa shape index (κ2) is 8.63. The van der Waals surface area contributed by atoms with Crippen LogP contribution < -0.4 is 5.32 Å². The molecule has 8 nitrogen and oxygen atoms in total. The van der Waals surface area contributed by atoms with Crippen LogP contribution in [0.4, 0.5) is 5.69 Å². The van der Waals surface area contributed by atoms with Crippen molar-refractivity contribution in [3.05, 3.63) is 92.8 Å². The van der Waals surface area contributed by atoms with Gasteiger partial charge in [0.05, 0.1) is 22.9 Å². The fourth-order valence-corrected chi connectivity index (χ4v) is 3.61. The number of carbonyl (C=O) groups excluding carboxylic acids is 1. The predicted molar refractivity (Wildman–Crippen MR) is 126 cm³/mol. The van der Waals surface area contributed by atoms with E-state index in [1.165, 1.54) is 29.8 Å². The quantitative estimate of drug-likeness (QED) is 0.324. The number of amides is 1. The second-order valence-electron chi connectivity index (χ2n) is 8.65. The van der Waals surface area contributed by atoms with Gasteiger partial charge in [-0.15, -0.1) is 0 Å². The molecular weight excluding hydrogens is 442 g/mol. The number of nitrogens with zero attached hydrogens (tertiary/aromatic N) is 4. The molecule has 0 atom stereocenters. The van der Waals surface area contributed by atoms with Gasteiger partial charge >= 0.3 is 0 Å². The van der Waals surface area contributed by atoms with Gasteiger partial charge in [-0.2, -0.15) is 5.10 Å². The van der Waals surface area contributed by atoms with E-state index in [1.807, 2.05) is 12.1 Å². The van der Waals surface area contributed by atoms with Crippen molar-refractivity contribution in [1.82, 2.24) is 19.9 Å². The Kier molecular flexibility index (Phi) is 5.86. The number of carbonyl (C=O) groups is 1. The summed E-state index contributed by atoms with van der Waals surface area (Å²) in [6.07, 6.45) is 0. The maximum Gasteiger partial charge on any atom is 0.269 e. The summed E-state index contributed by atoms with van der Waals surface area (Å²) >= 11 is 6.11. The van der Waals surface area contributed by atoms with Gasteiger partial charge in [0.25, 0.3) is 11.6 Å². The second-order valence-corrected chi connectivity index (χ2v) is 9.03. The third-order valence-electron chi connectivity index (χ3n) is 5.32. The highest BCUT2D eigenvalue weighted by molar-refractivity contribution is 6.29. The lowest BCUT2D eigenvalue weighted by atomic mass is 9.86. The van der Waals surface area contributed by atoms with Gasteiger partial charge in [-0.1, -0.05) is 56.6 Å². The predicted octanol–water partition coefficient (Wildman–Crippen LogP) is 5.19. The number of halogens is 1. The van der Waals surface area contributed by atoms with Gasteiger partial charge in [-0.3, -0.25) is 14.9 Å². The standard InChI is InChI=1S/C24H22ClN5O3/c1-24(2,3)17-8-4-15(5-9-17)22-19(29-21(27-22)13-12-20(25)28-29)14-26-23(31)16-6-10-18(11-7-16)30(32)33/h4-13H,14H2,1-3H3,(H,26,31). The Morgan fingerprint density at radius 2 is 1.73 bits per heavy atom. The SMILES string of the molecule is CC(C)(C)c1ccc(-c2nc3ccc(Cl)nn3c2CNC(=O)c2ccc([N+](=O)[O-])cc2)cc1. The minimum absolute atomic E-state index is 0.0219. The summed E-state index contributed by atoms with van der Waals surface area (Å²) in [6.45, 7) is 6.59.